The Labute approximate surface area is 162 Å². The first-order valence-electron chi connectivity index (χ1n) is 7.58. The van der Waals surface area contributed by atoms with E-state index in [2.05, 4.69) is 14.9 Å². The molecule has 0 unspecified atom stereocenters. The highest BCUT2D eigenvalue weighted by Gasteiger charge is 2.15. The molecule has 1 aromatic heterocycles. The minimum absolute atomic E-state index is 0.0783. The van der Waals surface area contributed by atoms with E-state index in [0.717, 1.165) is 6.26 Å². The van der Waals surface area contributed by atoms with Crippen molar-refractivity contribution >= 4 is 37.1 Å². The molecule has 3 rings (SSSR count). The maximum atomic E-state index is 12.5. The smallest absolute Gasteiger partial charge is 0.261 e. The van der Waals surface area contributed by atoms with E-state index >= 15 is 0 Å². The van der Waals surface area contributed by atoms with Gasteiger partial charge in [-0.25, -0.2) is 16.8 Å². The van der Waals surface area contributed by atoms with Gasteiger partial charge in [-0.1, -0.05) is 23.7 Å². The molecule has 0 spiro atoms. The lowest BCUT2D eigenvalue weighted by molar-refractivity contribution is 0.595. The van der Waals surface area contributed by atoms with E-state index in [-0.39, 0.29) is 9.92 Å². The predicted molar refractivity (Wildman–Crippen MR) is 103 cm³/mol. The lowest BCUT2D eigenvalue weighted by Crippen LogP contribution is -2.12. The number of anilines is 1. The quantitative estimate of drug-likeness (QED) is 0.676. The Kier molecular flexibility index (Phi) is 5.18. The van der Waals surface area contributed by atoms with Gasteiger partial charge >= 0.3 is 0 Å². The first-order valence-corrected chi connectivity index (χ1v) is 11.3. The first kappa shape index (κ1) is 19.3. The summed E-state index contributed by atoms with van der Waals surface area (Å²) in [6.45, 7) is 0. The number of hydrogen-bond donors (Lipinski definition) is 1. The molecule has 3 aromatic rings. The normalized spacial score (nSPS) is 11.9. The number of sulfonamides is 1. The summed E-state index contributed by atoms with van der Waals surface area (Å²) in [7, 11) is -7.22. The number of nitrogens with one attached hydrogen (secondary N) is 1. The molecule has 27 heavy (non-hydrogen) atoms. The zero-order valence-electron chi connectivity index (χ0n) is 14.0. The highest BCUT2D eigenvalue weighted by Crippen LogP contribution is 2.23. The Balaban J connectivity index is 1.88. The van der Waals surface area contributed by atoms with E-state index in [1.54, 1.807) is 24.3 Å². The third kappa shape index (κ3) is 4.62. The molecule has 0 radical (unpaired) electrons. The van der Waals surface area contributed by atoms with Gasteiger partial charge in [0.25, 0.3) is 10.0 Å². The van der Waals surface area contributed by atoms with Crippen molar-refractivity contribution in [1.82, 2.24) is 10.2 Å². The Morgan fingerprint density at radius 1 is 0.889 bits per heavy atom. The SMILES string of the molecule is CS(=O)(=O)c1ccc(-c2cccc(NS(=O)(=O)c3ccc(Cl)cc3)c2)nn1. The molecule has 10 heteroatoms. The van der Waals surface area contributed by atoms with Gasteiger partial charge in [-0.2, -0.15) is 0 Å². The molecule has 2 aromatic carbocycles. The van der Waals surface area contributed by atoms with Crippen LogP contribution < -0.4 is 4.72 Å². The van der Waals surface area contributed by atoms with E-state index in [0.29, 0.717) is 22.0 Å². The lowest BCUT2D eigenvalue weighted by atomic mass is 10.1. The van der Waals surface area contributed by atoms with Crippen molar-refractivity contribution < 1.29 is 16.8 Å². The number of sulfone groups is 1. The molecule has 0 fully saturated rings. The first-order chi connectivity index (χ1) is 12.6. The molecule has 0 aliphatic carbocycles. The summed E-state index contributed by atoms with van der Waals surface area (Å²) in [5.41, 5.74) is 1.32. The molecule has 0 atom stereocenters. The summed E-state index contributed by atoms with van der Waals surface area (Å²) >= 11 is 5.78. The minimum atomic E-state index is -3.78. The number of halogens is 1. The van der Waals surface area contributed by atoms with Crippen LogP contribution in [0.5, 0.6) is 0 Å². The van der Waals surface area contributed by atoms with Crippen molar-refractivity contribution in [3.05, 3.63) is 65.7 Å². The molecule has 7 nitrogen and oxygen atoms in total. The van der Waals surface area contributed by atoms with Crippen LogP contribution in [0.2, 0.25) is 5.02 Å². The van der Waals surface area contributed by atoms with Gasteiger partial charge in [0, 0.05) is 22.5 Å². The summed E-state index contributed by atoms with van der Waals surface area (Å²) < 4.78 is 50.3. The molecule has 0 saturated heterocycles. The van der Waals surface area contributed by atoms with Crippen LogP contribution in [0.15, 0.2) is 70.6 Å². The maximum absolute atomic E-state index is 12.5. The molecular weight excluding hydrogens is 410 g/mol. The molecule has 0 bridgehead atoms. The van der Waals surface area contributed by atoms with Crippen LogP contribution in [0.25, 0.3) is 11.3 Å². The van der Waals surface area contributed by atoms with E-state index in [9.17, 15) is 16.8 Å². The fraction of sp³-hybridized carbons (Fsp3) is 0.0588. The molecule has 0 amide bonds. The average molecular weight is 424 g/mol. The second kappa shape index (κ2) is 7.26. The third-order valence-electron chi connectivity index (χ3n) is 3.55. The van der Waals surface area contributed by atoms with E-state index in [1.165, 1.54) is 36.4 Å². The Morgan fingerprint density at radius 2 is 1.59 bits per heavy atom. The fourth-order valence-electron chi connectivity index (χ4n) is 2.24. The number of aromatic nitrogens is 2. The highest BCUT2D eigenvalue weighted by molar-refractivity contribution is 7.92. The van der Waals surface area contributed by atoms with Crippen molar-refractivity contribution in [2.24, 2.45) is 0 Å². The van der Waals surface area contributed by atoms with E-state index in [4.69, 9.17) is 11.6 Å². The third-order valence-corrected chi connectivity index (χ3v) is 6.18. The topological polar surface area (TPSA) is 106 Å². The van der Waals surface area contributed by atoms with Crippen molar-refractivity contribution in [3.8, 4) is 11.3 Å². The molecule has 0 aliphatic rings. The molecule has 1 N–H and O–H groups in total. The second-order valence-corrected chi connectivity index (χ2v) is 9.75. The monoisotopic (exact) mass is 423 g/mol. The van der Waals surface area contributed by atoms with Gasteiger partial charge in [-0.15, -0.1) is 10.2 Å². The Hall–Kier alpha value is -2.49. The van der Waals surface area contributed by atoms with Crippen molar-refractivity contribution in [2.75, 3.05) is 11.0 Å². The van der Waals surface area contributed by atoms with Gasteiger partial charge in [0.15, 0.2) is 14.9 Å². The zero-order valence-corrected chi connectivity index (χ0v) is 16.4. The standard InChI is InChI=1S/C17H14ClN3O4S2/c1-26(22,23)17-10-9-16(19-20-17)12-3-2-4-14(11-12)21-27(24,25)15-7-5-13(18)6-8-15/h2-11,21H,1H3. The molecular formula is C17H14ClN3O4S2. The summed E-state index contributed by atoms with van der Waals surface area (Å²) in [4.78, 5) is 0.0783. The summed E-state index contributed by atoms with van der Waals surface area (Å²) in [6, 6.07) is 15.2. The average Bonchev–Trinajstić information content (AvgIpc) is 2.61. The van der Waals surface area contributed by atoms with Gasteiger partial charge in [0.05, 0.1) is 10.6 Å². The van der Waals surface area contributed by atoms with Gasteiger partial charge in [0.2, 0.25) is 0 Å². The highest BCUT2D eigenvalue weighted by atomic mass is 35.5. The number of hydrogen-bond acceptors (Lipinski definition) is 6. The van der Waals surface area contributed by atoms with Gasteiger partial charge in [-0.05, 0) is 48.5 Å². The second-order valence-electron chi connectivity index (χ2n) is 5.67. The van der Waals surface area contributed by atoms with Crippen LogP contribution in [0, 0.1) is 0 Å². The Morgan fingerprint density at radius 3 is 2.19 bits per heavy atom. The Bertz CT molecular complexity index is 1180. The minimum Gasteiger partial charge on any atom is -0.280 e. The summed E-state index contributed by atoms with van der Waals surface area (Å²) in [5, 5.41) is 7.90. The largest absolute Gasteiger partial charge is 0.280 e. The van der Waals surface area contributed by atoms with Crippen LogP contribution >= 0.6 is 11.6 Å². The number of rotatable bonds is 5. The molecule has 1 heterocycles. The van der Waals surface area contributed by atoms with Gasteiger partial charge in [-0.3, -0.25) is 4.72 Å². The van der Waals surface area contributed by atoms with Crippen LogP contribution in [0.1, 0.15) is 0 Å². The van der Waals surface area contributed by atoms with E-state index < -0.39 is 19.9 Å². The number of benzene rings is 2. The van der Waals surface area contributed by atoms with Crippen molar-refractivity contribution in [1.29, 1.82) is 0 Å². The lowest BCUT2D eigenvalue weighted by Gasteiger charge is -2.09. The maximum Gasteiger partial charge on any atom is 0.261 e. The van der Waals surface area contributed by atoms with E-state index in [1.807, 2.05) is 0 Å². The van der Waals surface area contributed by atoms with Gasteiger partial charge < -0.3 is 0 Å². The fourth-order valence-corrected chi connectivity index (χ4v) is 3.92. The van der Waals surface area contributed by atoms with Crippen LogP contribution in [0.4, 0.5) is 5.69 Å². The summed E-state index contributed by atoms with van der Waals surface area (Å²) in [6.07, 6.45) is 1.04. The zero-order chi connectivity index (χ0) is 19.7. The molecule has 0 saturated carbocycles. The molecule has 0 aliphatic heterocycles. The van der Waals surface area contributed by atoms with Gasteiger partial charge in [0.1, 0.15) is 0 Å². The van der Waals surface area contributed by atoms with Crippen LogP contribution in [-0.4, -0.2) is 33.3 Å². The van der Waals surface area contributed by atoms with Crippen molar-refractivity contribution in [2.45, 2.75) is 9.92 Å². The van der Waals surface area contributed by atoms with Crippen LogP contribution in [-0.2, 0) is 19.9 Å². The summed E-state index contributed by atoms with van der Waals surface area (Å²) in [5.74, 6) is 0. The molecule has 140 valence electrons. The van der Waals surface area contributed by atoms with Crippen molar-refractivity contribution in [3.63, 3.8) is 0 Å². The van der Waals surface area contributed by atoms with Crippen LogP contribution in [0.3, 0.4) is 0 Å². The predicted octanol–water partition coefficient (Wildman–Crippen LogP) is 3.00. The number of nitrogens with zero attached hydrogens (tertiary/aromatic N) is 2.